The van der Waals surface area contributed by atoms with Crippen molar-refractivity contribution in [1.82, 2.24) is 14.5 Å². The number of hydrogen-bond acceptors (Lipinski definition) is 3. The van der Waals surface area contributed by atoms with E-state index in [0.29, 0.717) is 18.3 Å². The van der Waals surface area contributed by atoms with Gasteiger partial charge in [-0.2, -0.15) is 0 Å². The van der Waals surface area contributed by atoms with Gasteiger partial charge in [-0.15, -0.1) is 6.42 Å². The summed E-state index contributed by atoms with van der Waals surface area (Å²) in [7, 11) is 0. The van der Waals surface area contributed by atoms with Crippen LogP contribution in [0.25, 0.3) is 11.3 Å². The van der Waals surface area contributed by atoms with Crippen LogP contribution < -0.4 is 5.73 Å². The van der Waals surface area contributed by atoms with Crippen LogP contribution in [0.2, 0.25) is 0 Å². The molecule has 0 spiro atoms. The van der Waals surface area contributed by atoms with Gasteiger partial charge in [-0.1, -0.05) is 25.2 Å². The Labute approximate surface area is 125 Å². The molecule has 3 rings (SSSR count). The smallest absolute Gasteiger partial charge is 0.132 e. The highest BCUT2D eigenvalue weighted by Gasteiger charge is 2.24. The first-order valence-electron chi connectivity index (χ1n) is 7.51. The van der Waals surface area contributed by atoms with Crippen LogP contribution in [-0.2, 0) is 6.54 Å². The molecule has 2 N–H and O–H groups in total. The van der Waals surface area contributed by atoms with Crippen molar-refractivity contribution in [1.29, 1.82) is 0 Å². The number of imidazole rings is 1. The molecule has 21 heavy (non-hydrogen) atoms. The molecule has 0 unspecified atom stereocenters. The molecule has 0 aromatic carbocycles. The molecule has 1 aliphatic rings. The molecule has 4 nitrogen and oxygen atoms in total. The fourth-order valence-electron chi connectivity index (χ4n) is 3.13. The molecule has 108 valence electrons. The summed E-state index contributed by atoms with van der Waals surface area (Å²) >= 11 is 0. The van der Waals surface area contributed by atoms with Crippen molar-refractivity contribution in [3.05, 3.63) is 30.4 Å². The normalized spacial score (nSPS) is 15.8. The summed E-state index contributed by atoms with van der Waals surface area (Å²) in [5.74, 6) is 4.87. The van der Waals surface area contributed by atoms with Gasteiger partial charge in [0.1, 0.15) is 17.3 Å². The molecule has 0 atom stereocenters. The van der Waals surface area contributed by atoms with Crippen molar-refractivity contribution in [3.8, 4) is 23.6 Å². The van der Waals surface area contributed by atoms with Gasteiger partial charge in [0.15, 0.2) is 0 Å². The SMILES string of the molecule is C#CCn1c(C2CCCCC2)nc(-c2cccnc2)c1N. The lowest BCUT2D eigenvalue weighted by molar-refractivity contribution is 0.420. The highest BCUT2D eigenvalue weighted by Crippen LogP contribution is 2.36. The third-order valence-corrected chi connectivity index (χ3v) is 4.19. The molecule has 2 aromatic rings. The number of aromatic nitrogens is 3. The van der Waals surface area contributed by atoms with Crippen molar-refractivity contribution < 1.29 is 0 Å². The van der Waals surface area contributed by atoms with Crippen LogP contribution in [0.1, 0.15) is 43.8 Å². The van der Waals surface area contributed by atoms with E-state index in [1.54, 1.807) is 12.4 Å². The predicted octanol–water partition coefficient (Wildman–Crippen LogP) is 3.21. The maximum absolute atomic E-state index is 6.31. The van der Waals surface area contributed by atoms with Crippen molar-refractivity contribution in [3.63, 3.8) is 0 Å². The van der Waals surface area contributed by atoms with Gasteiger partial charge in [0.2, 0.25) is 0 Å². The van der Waals surface area contributed by atoms with Crippen LogP contribution >= 0.6 is 0 Å². The van der Waals surface area contributed by atoms with E-state index in [0.717, 1.165) is 17.1 Å². The van der Waals surface area contributed by atoms with Crippen molar-refractivity contribution in [2.75, 3.05) is 5.73 Å². The minimum atomic E-state index is 0.472. The van der Waals surface area contributed by atoms with Gasteiger partial charge < -0.3 is 10.3 Å². The Hall–Kier alpha value is -2.28. The monoisotopic (exact) mass is 280 g/mol. The number of hydrogen-bond donors (Lipinski definition) is 1. The van der Waals surface area contributed by atoms with Gasteiger partial charge in [0.05, 0.1) is 6.54 Å². The quantitative estimate of drug-likeness (QED) is 0.878. The summed E-state index contributed by atoms with van der Waals surface area (Å²) in [5, 5.41) is 0. The number of anilines is 1. The Morgan fingerprint density at radius 2 is 2.14 bits per heavy atom. The van der Waals surface area contributed by atoms with Crippen molar-refractivity contribution in [2.45, 2.75) is 44.6 Å². The number of nitrogen functional groups attached to an aromatic ring is 1. The standard InChI is InChI=1S/C17H20N4/c1-2-11-21-16(18)15(14-9-6-10-19-12-14)20-17(21)13-7-4-3-5-8-13/h1,6,9-10,12-13H,3-5,7-8,11,18H2. The second kappa shape index (κ2) is 6.01. The van der Waals surface area contributed by atoms with E-state index >= 15 is 0 Å². The molecule has 1 aliphatic carbocycles. The molecule has 0 radical (unpaired) electrons. The Bertz CT molecular complexity index is 645. The van der Waals surface area contributed by atoms with Gasteiger partial charge in [-0.05, 0) is 25.0 Å². The van der Waals surface area contributed by atoms with E-state index in [9.17, 15) is 0 Å². The molecule has 4 heteroatoms. The van der Waals surface area contributed by atoms with Crippen LogP contribution in [0.5, 0.6) is 0 Å². The van der Waals surface area contributed by atoms with Crippen LogP contribution in [0.4, 0.5) is 5.82 Å². The Kier molecular flexibility index (Phi) is 3.92. The first-order chi connectivity index (χ1) is 10.3. The molecular weight excluding hydrogens is 260 g/mol. The maximum atomic E-state index is 6.31. The van der Waals surface area contributed by atoms with Crippen LogP contribution in [0, 0.1) is 12.3 Å². The van der Waals surface area contributed by atoms with Crippen molar-refractivity contribution >= 4 is 5.82 Å². The molecule has 2 aromatic heterocycles. The van der Waals surface area contributed by atoms with Gasteiger partial charge in [-0.3, -0.25) is 4.98 Å². The minimum absolute atomic E-state index is 0.472. The molecule has 0 aliphatic heterocycles. The number of terminal acetylenes is 1. The van der Waals surface area contributed by atoms with E-state index in [2.05, 4.69) is 10.9 Å². The summed E-state index contributed by atoms with van der Waals surface area (Å²) in [6, 6.07) is 3.88. The molecular formula is C17H20N4. The van der Waals surface area contributed by atoms with Crippen LogP contribution in [0.3, 0.4) is 0 Å². The number of nitrogens with two attached hydrogens (primary N) is 1. The molecule has 1 saturated carbocycles. The zero-order valence-electron chi connectivity index (χ0n) is 12.1. The van der Waals surface area contributed by atoms with Gasteiger partial charge >= 0.3 is 0 Å². The Morgan fingerprint density at radius 3 is 2.81 bits per heavy atom. The van der Waals surface area contributed by atoms with E-state index in [1.165, 1.54) is 32.1 Å². The Balaban J connectivity index is 2.05. The topological polar surface area (TPSA) is 56.7 Å². The molecule has 0 amide bonds. The highest BCUT2D eigenvalue weighted by molar-refractivity contribution is 5.70. The minimum Gasteiger partial charge on any atom is -0.383 e. The van der Waals surface area contributed by atoms with Crippen molar-refractivity contribution in [2.24, 2.45) is 0 Å². The molecule has 0 bridgehead atoms. The predicted molar refractivity (Wildman–Crippen MR) is 84.5 cm³/mol. The largest absolute Gasteiger partial charge is 0.383 e. The van der Waals surface area contributed by atoms with Gasteiger partial charge in [0, 0.05) is 23.9 Å². The highest BCUT2D eigenvalue weighted by atomic mass is 15.1. The average molecular weight is 280 g/mol. The first-order valence-corrected chi connectivity index (χ1v) is 7.51. The van der Waals surface area contributed by atoms with Gasteiger partial charge in [0.25, 0.3) is 0 Å². The first kappa shape index (κ1) is 13.7. The number of rotatable bonds is 3. The lowest BCUT2D eigenvalue weighted by Crippen LogP contribution is -2.13. The summed E-state index contributed by atoms with van der Waals surface area (Å²) in [6.07, 6.45) is 15.2. The fourth-order valence-corrected chi connectivity index (χ4v) is 3.13. The number of nitrogens with zero attached hydrogens (tertiary/aromatic N) is 3. The summed E-state index contributed by atoms with van der Waals surface area (Å²) in [4.78, 5) is 8.98. The summed E-state index contributed by atoms with van der Waals surface area (Å²) < 4.78 is 2.00. The summed E-state index contributed by atoms with van der Waals surface area (Å²) in [6.45, 7) is 0.477. The van der Waals surface area contributed by atoms with E-state index in [-0.39, 0.29) is 0 Å². The lowest BCUT2D eigenvalue weighted by atomic mass is 9.88. The summed E-state index contributed by atoms with van der Waals surface area (Å²) in [5.41, 5.74) is 8.06. The maximum Gasteiger partial charge on any atom is 0.132 e. The second-order valence-corrected chi connectivity index (χ2v) is 5.57. The third kappa shape index (κ3) is 2.64. The zero-order valence-corrected chi connectivity index (χ0v) is 12.1. The third-order valence-electron chi connectivity index (χ3n) is 4.19. The molecule has 0 saturated heterocycles. The molecule has 1 fully saturated rings. The zero-order chi connectivity index (χ0) is 14.7. The number of pyridine rings is 1. The second-order valence-electron chi connectivity index (χ2n) is 5.57. The Morgan fingerprint density at radius 1 is 1.33 bits per heavy atom. The van der Waals surface area contributed by atoms with E-state index in [4.69, 9.17) is 17.1 Å². The van der Waals surface area contributed by atoms with Crippen LogP contribution in [0.15, 0.2) is 24.5 Å². The fraction of sp³-hybridized carbons (Fsp3) is 0.412. The van der Waals surface area contributed by atoms with Crippen LogP contribution in [-0.4, -0.2) is 14.5 Å². The average Bonchev–Trinajstić information content (AvgIpc) is 2.87. The lowest BCUT2D eigenvalue weighted by Gasteiger charge is -2.21. The van der Waals surface area contributed by atoms with E-state index in [1.807, 2.05) is 16.7 Å². The molecule has 2 heterocycles. The van der Waals surface area contributed by atoms with E-state index < -0.39 is 0 Å². The van der Waals surface area contributed by atoms with Gasteiger partial charge in [-0.25, -0.2) is 4.98 Å².